The Hall–Kier alpha value is -0.840. The Labute approximate surface area is 292 Å². The van der Waals surface area contributed by atoms with Gasteiger partial charge in [-0.1, -0.05) is 41.5 Å². The van der Waals surface area contributed by atoms with Crippen molar-refractivity contribution in [1.82, 2.24) is 10.1 Å². The van der Waals surface area contributed by atoms with Gasteiger partial charge in [0.1, 0.15) is 12.9 Å². The van der Waals surface area contributed by atoms with Gasteiger partial charge >= 0.3 is 19.5 Å². The second-order valence-corrected chi connectivity index (χ2v) is 22.3. The molecule has 0 fully saturated rings. The van der Waals surface area contributed by atoms with Gasteiger partial charge in [0.25, 0.3) is 0 Å². The first-order valence-corrected chi connectivity index (χ1v) is 21.4. The lowest BCUT2D eigenvalue weighted by Gasteiger charge is -2.48. The van der Waals surface area contributed by atoms with Gasteiger partial charge in [-0.2, -0.15) is 10.1 Å². The highest BCUT2D eigenvalue weighted by Crippen LogP contribution is 2.61. The Bertz CT molecular complexity index is 1090. The van der Waals surface area contributed by atoms with Crippen LogP contribution in [0.4, 0.5) is 0 Å². The van der Waals surface area contributed by atoms with Crippen LogP contribution in [0.3, 0.4) is 0 Å². The van der Waals surface area contributed by atoms with E-state index in [-0.39, 0.29) is 31.8 Å². The zero-order chi connectivity index (χ0) is 38.1. The van der Waals surface area contributed by atoms with Crippen molar-refractivity contribution in [1.29, 1.82) is 0 Å². The smallest absolute Gasteiger partial charge is 0.350 e. The van der Waals surface area contributed by atoms with Crippen molar-refractivity contribution in [3.8, 4) is 0 Å². The molecule has 0 radical (unpaired) electrons. The molecule has 0 N–H and O–H groups in total. The molecule has 0 aliphatic rings. The summed E-state index contributed by atoms with van der Waals surface area (Å²) in [4.78, 5) is 38.1. The summed E-state index contributed by atoms with van der Waals surface area (Å²) >= 11 is 0. The van der Waals surface area contributed by atoms with Crippen LogP contribution in [0.5, 0.6) is 0 Å². The van der Waals surface area contributed by atoms with Gasteiger partial charge in [-0.25, -0.2) is 9.59 Å². The molecular weight excluding hydrogens is 658 g/mol. The third-order valence-corrected chi connectivity index (χ3v) is 12.0. The highest BCUT2D eigenvalue weighted by molar-refractivity contribution is 7.63. The molecule has 0 aliphatic carbocycles. The van der Waals surface area contributed by atoms with E-state index in [4.69, 9.17) is 28.2 Å². The highest BCUT2D eigenvalue weighted by Gasteiger charge is 2.52. The number of hydroxylamine groups is 4. The van der Waals surface area contributed by atoms with Crippen LogP contribution in [0, 0.1) is 10.8 Å². The fourth-order valence-electron chi connectivity index (χ4n) is 5.41. The molecule has 4 atom stereocenters. The van der Waals surface area contributed by atoms with E-state index < -0.39 is 66.9 Å². The summed E-state index contributed by atoms with van der Waals surface area (Å²) in [5.41, 5.74) is -2.18. The maximum absolute atomic E-state index is 14.0. The van der Waals surface area contributed by atoms with Crippen molar-refractivity contribution in [2.75, 3.05) is 39.8 Å². The largest absolute Gasteiger partial charge is 0.464 e. The zero-order valence-corrected chi connectivity index (χ0v) is 35.2. The van der Waals surface area contributed by atoms with Crippen molar-refractivity contribution in [2.45, 2.75) is 158 Å². The lowest BCUT2D eigenvalue weighted by molar-refractivity contribution is -0.263. The van der Waals surface area contributed by atoms with Crippen LogP contribution in [0.25, 0.3) is 0 Å². The first-order valence-electron chi connectivity index (χ1n) is 17.1. The molecule has 0 saturated carbocycles. The first-order chi connectivity index (χ1) is 21.4. The van der Waals surface area contributed by atoms with E-state index in [0.717, 1.165) is 0 Å². The minimum Gasteiger partial charge on any atom is -0.464 e. The lowest BCUT2D eigenvalue weighted by Crippen LogP contribution is -2.55. The Morgan fingerprint density at radius 1 is 0.604 bits per heavy atom. The summed E-state index contributed by atoms with van der Waals surface area (Å²) in [5.74, 6) is -2.36. The summed E-state index contributed by atoms with van der Waals surface area (Å²) in [7, 11) is -6.35. The molecule has 0 rings (SSSR count). The minimum absolute atomic E-state index is 0.0953. The first kappa shape index (κ1) is 47.2. The van der Waals surface area contributed by atoms with Crippen LogP contribution in [-0.2, 0) is 46.9 Å². The molecule has 0 amide bonds. The predicted octanol–water partition coefficient (Wildman–Crippen LogP) is 8.33. The molecule has 0 aliphatic heterocycles. The number of unbranched alkanes of at least 4 members (excludes halogenated alkanes) is 1. The van der Waals surface area contributed by atoms with E-state index in [1.807, 2.05) is 83.1 Å². The maximum Gasteiger partial charge on any atom is 0.350 e. The van der Waals surface area contributed by atoms with E-state index in [9.17, 15) is 18.7 Å². The molecular formula is C34H70N2O10P2. The normalized spacial score (nSPS) is 16.5. The van der Waals surface area contributed by atoms with Crippen molar-refractivity contribution in [2.24, 2.45) is 10.8 Å². The molecule has 48 heavy (non-hydrogen) atoms. The van der Waals surface area contributed by atoms with Crippen molar-refractivity contribution >= 4 is 26.7 Å². The Morgan fingerprint density at radius 2 is 0.917 bits per heavy atom. The van der Waals surface area contributed by atoms with E-state index in [1.165, 1.54) is 0 Å². The fraction of sp³-hybridized carbons (Fsp3) is 0.941. The summed E-state index contributed by atoms with van der Waals surface area (Å²) in [6.07, 6.45) is -1.02. The Kier molecular flexibility index (Phi) is 18.3. The number of esters is 2. The molecule has 14 heteroatoms. The molecule has 0 aromatic rings. The van der Waals surface area contributed by atoms with Gasteiger partial charge in [0.15, 0.2) is 12.2 Å². The second kappa shape index (κ2) is 18.6. The third-order valence-electron chi connectivity index (χ3n) is 7.06. The molecule has 0 aromatic heterocycles. The molecule has 286 valence electrons. The number of hydrogen-bond acceptors (Lipinski definition) is 12. The van der Waals surface area contributed by atoms with E-state index in [0.29, 0.717) is 12.8 Å². The van der Waals surface area contributed by atoms with Gasteiger partial charge in [0.2, 0.25) is 0 Å². The zero-order valence-electron chi connectivity index (χ0n) is 33.4. The summed E-state index contributed by atoms with van der Waals surface area (Å²) in [5, 5.41) is 3.25. The summed E-state index contributed by atoms with van der Waals surface area (Å²) < 4.78 is 49.7. The molecule has 0 spiro atoms. The van der Waals surface area contributed by atoms with Crippen LogP contribution in [-0.4, -0.2) is 96.7 Å². The molecule has 4 unspecified atom stereocenters. The molecule has 0 bridgehead atoms. The van der Waals surface area contributed by atoms with Crippen LogP contribution in [0.2, 0.25) is 0 Å². The fourth-order valence-corrected chi connectivity index (χ4v) is 10.9. The van der Waals surface area contributed by atoms with Crippen LogP contribution in [0.15, 0.2) is 0 Å². The van der Waals surface area contributed by atoms with Crippen LogP contribution < -0.4 is 0 Å². The van der Waals surface area contributed by atoms with Gasteiger partial charge in [-0.3, -0.25) is 14.2 Å². The summed E-state index contributed by atoms with van der Waals surface area (Å²) in [6, 6.07) is 0. The average molecular weight is 729 g/mol. The third kappa shape index (κ3) is 15.2. The number of nitrogens with zero attached hydrogens (tertiary/aromatic N) is 2. The quantitative estimate of drug-likeness (QED) is 0.0549. The van der Waals surface area contributed by atoms with Crippen LogP contribution >= 0.6 is 14.7 Å². The SMILES string of the molecule is CCOP(=O)(OCC)C(N(OC(C)C(=O)OCCCCOC(=O)C(C)ON(C(C(C)(C)C)P(C)(C)=O)C(C)(C)C)C(C)(C)C)C(C)(C)C. The number of hydrogen-bond donors (Lipinski definition) is 0. The molecule has 0 heterocycles. The average Bonchev–Trinajstić information content (AvgIpc) is 2.86. The van der Waals surface area contributed by atoms with Crippen molar-refractivity contribution in [3.63, 3.8) is 0 Å². The molecule has 0 saturated heterocycles. The predicted molar refractivity (Wildman–Crippen MR) is 192 cm³/mol. The number of ether oxygens (including phenoxy) is 2. The Morgan fingerprint density at radius 3 is 1.17 bits per heavy atom. The number of carbonyl (C=O) groups excluding carboxylic acids is 2. The second-order valence-electron chi connectivity index (χ2n) is 16.8. The van der Waals surface area contributed by atoms with E-state index in [2.05, 4.69) is 0 Å². The van der Waals surface area contributed by atoms with Crippen molar-refractivity contribution in [3.05, 3.63) is 0 Å². The monoisotopic (exact) mass is 728 g/mol. The van der Waals surface area contributed by atoms with E-state index >= 15 is 0 Å². The minimum atomic E-state index is -3.69. The van der Waals surface area contributed by atoms with Gasteiger partial charge in [0, 0.05) is 11.1 Å². The topological polar surface area (TPSA) is 130 Å². The summed E-state index contributed by atoms with van der Waals surface area (Å²) in [6.45, 7) is 34.1. The van der Waals surface area contributed by atoms with Crippen LogP contribution in [0.1, 0.15) is 124 Å². The van der Waals surface area contributed by atoms with Gasteiger partial charge < -0.3 is 23.1 Å². The molecule has 12 nitrogen and oxygen atoms in total. The van der Waals surface area contributed by atoms with Crippen molar-refractivity contribution < 1.29 is 46.9 Å². The lowest BCUT2D eigenvalue weighted by atomic mass is 9.94. The Balaban J connectivity index is 5.31. The van der Waals surface area contributed by atoms with Gasteiger partial charge in [0.05, 0.1) is 32.2 Å². The number of carbonyl (C=O) groups is 2. The maximum atomic E-state index is 14.0. The highest BCUT2D eigenvalue weighted by atomic mass is 31.2. The molecule has 0 aromatic carbocycles. The van der Waals surface area contributed by atoms with Gasteiger partial charge in [-0.05, 0) is 106 Å². The standard InChI is InChI=1S/C34H70N2O10P2/c1-19-43-48(40,44-20-2)30(32(8,9)10)36(34(14,15)16)46-26(4)28(38)42-24-22-21-23-41-27(37)25(3)45-35(33(11,12)13)29(31(5,6)7)47(17,18)39/h25-26,29-30H,19-24H2,1-18H3. The van der Waals surface area contributed by atoms with E-state index in [1.54, 1.807) is 51.2 Å². The van der Waals surface area contributed by atoms with Gasteiger partial charge in [-0.15, -0.1) is 0 Å². The number of rotatable bonds is 19.